The van der Waals surface area contributed by atoms with Gasteiger partial charge in [0.05, 0.1) is 17.2 Å². The minimum absolute atomic E-state index is 0.147. The topological polar surface area (TPSA) is 43.9 Å². The van der Waals surface area contributed by atoms with Crippen LogP contribution in [0.4, 0.5) is 13.2 Å². The summed E-state index contributed by atoms with van der Waals surface area (Å²) in [5.74, 6) is -0.407. The van der Waals surface area contributed by atoms with Crippen LogP contribution >= 0.6 is 11.6 Å². The standard InChI is InChI=1S/C18H11ClF3N3O/c19-12-5-3-4-11(8-12)15-9-23-16(26-15)10-25-14-7-2-1-6-13(14)24-17(25)18(20,21)22/h1-9H,10H2. The lowest BCUT2D eigenvalue weighted by Crippen LogP contribution is -2.15. The number of nitrogens with zero attached hydrogens (tertiary/aromatic N) is 3. The van der Waals surface area contributed by atoms with Gasteiger partial charge in [-0.25, -0.2) is 9.97 Å². The van der Waals surface area contributed by atoms with Crippen LogP contribution in [-0.2, 0) is 12.7 Å². The summed E-state index contributed by atoms with van der Waals surface area (Å²) in [6.45, 7) is -0.185. The summed E-state index contributed by atoms with van der Waals surface area (Å²) < 4.78 is 46.8. The van der Waals surface area contributed by atoms with Crippen LogP contribution in [-0.4, -0.2) is 14.5 Å². The molecule has 0 N–H and O–H groups in total. The van der Waals surface area contributed by atoms with Crippen molar-refractivity contribution < 1.29 is 17.6 Å². The number of rotatable bonds is 3. The lowest BCUT2D eigenvalue weighted by molar-refractivity contribution is -0.146. The number of alkyl halides is 3. The van der Waals surface area contributed by atoms with Gasteiger partial charge in [-0.1, -0.05) is 35.9 Å². The highest BCUT2D eigenvalue weighted by molar-refractivity contribution is 6.30. The molecule has 2 aromatic carbocycles. The normalized spacial score (nSPS) is 12.0. The minimum atomic E-state index is -4.58. The van der Waals surface area contributed by atoms with Crippen molar-refractivity contribution in [3.05, 3.63) is 71.5 Å². The Kier molecular flexibility index (Phi) is 3.96. The van der Waals surface area contributed by atoms with Crippen molar-refractivity contribution in [1.82, 2.24) is 14.5 Å². The molecule has 132 valence electrons. The number of aromatic nitrogens is 3. The predicted molar refractivity (Wildman–Crippen MR) is 90.8 cm³/mol. The third-order valence-electron chi connectivity index (χ3n) is 3.86. The second kappa shape index (κ2) is 6.17. The summed E-state index contributed by atoms with van der Waals surface area (Å²) in [5, 5.41) is 0.528. The van der Waals surface area contributed by atoms with E-state index in [0.29, 0.717) is 21.9 Å². The molecule has 0 amide bonds. The average Bonchev–Trinajstić information content (AvgIpc) is 3.20. The van der Waals surface area contributed by atoms with Crippen LogP contribution in [0.1, 0.15) is 11.7 Å². The molecule has 4 nitrogen and oxygen atoms in total. The smallest absolute Gasteiger partial charge is 0.439 e. The van der Waals surface area contributed by atoms with Gasteiger partial charge in [-0.05, 0) is 24.3 Å². The number of hydrogen-bond donors (Lipinski definition) is 0. The molecule has 0 atom stereocenters. The van der Waals surface area contributed by atoms with E-state index in [4.69, 9.17) is 16.0 Å². The Morgan fingerprint density at radius 2 is 1.88 bits per heavy atom. The second-order valence-corrected chi connectivity index (χ2v) is 6.07. The maximum atomic E-state index is 13.4. The maximum absolute atomic E-state index is 13.4. The van der Waals surface area contributed by atoms with Crippen molar-refractivity contribution in [2.24, 2.45) is 0 Å². The van der Waals surface area contributed by atoms with Crippen molar-refractivity contribution in [2.75, 3.05) is 0 Å². The van der Waals surface area contributed by atoms with E-state index in [1.54, 1.807) is 42.5 Å². The highest BCUT2D eigenvalue weighted by atomic mass is 35.5. The first-order chi connectivity index (χ1) is 12.4. The van der Waals surface area contributed by atoms with Crippen LogP contribution in [0.2, 0.25) is 5.02 Å². The summed E-state index contributed by atoms with van der Waals surface area (Å²) in [5.41, 5.74) is 1.33. The molecule has 4 rings (SSSR count). The molecule has 0 aliphatic heterocycles. The van der Waals surface area contributed by atoms with Gasteiger partial charge in [-0.15, -0.1) is 0 Å². The summed E-state index contributed by atoms with van der Waals surface area (Å²) in [6, 6.07) is 13.4. The first kappa shape index (κ1) is 16.7. The monoisotopic (exact) mass is 377 g/mol. The van der Waals surface area contributed by atoms with Crippen LogP contribution in [0.15, 0.2) is 59.1 Å². The Balaban J connectivity index is 1.74. The zero-order valence-electron chi connectivity index (χ0n) is 13.2. The third-order valence-corrected chi connectivity index (χ3v) is 4.10. The first-order valence-electron chi connectivity index (χ1n) is 7.65. The lowest BCUT2D eigenvalue weighted by Gasteiger charge is -2.09. The molecule has 4 aromatic rings. The Hall–Kier alpha value is -2.80. The zero-order valence-corrected chi connectivity index (χ0v) is 13.9. The number of halogens is 4. The van der Waals surface area contributed by atoms with E-state index in [0.717, 1.165) is 4.57 Å². The highest BCUT2D eigenvalue weighted by Crippen LogP contribution is 2.32. The van der Waals surface area contributed by atoms with E-state index in [1.807, 2.05) is 0 Å². The number of benzene rings is 2. The van der Waals surface area contributed by atoms with Crippen LogP contribution < -0.4 is 0 Å². The van der Waals surface area contributed by atoms with Gasteiger partial charge in [0, 0.05) is 10.6 Å². The van der Waals surface area contributed by atoms with Crippen molar-refractivity contribution >= 4 is 22.6 Å². The van der Waals surface area contributed by atoms with Crippen LogP contribution in [0.3, 0.4) is 0 Å². The fourth-order valence-electron chi connectivity index (χ4n) is 2.75. The molecule has 2 aromatic heterocycles. The highest BCUT2D eigenvalue weighted by Gasteiger charge is 2.37. The van der Waals surface area contributed by atoms with Gasteiger partial charge in [0.2, 0.25) is 11.7 Å². The Morgan fingerprint density at radius 1 is 1.08 bits per heavy atom. The molecular formula is C18H11ClF3N3O. The van der Waals surface area contributed by atoms with E-state index in [2.05, 4.69) is 9.97 Å². The van der Waals surface area contributed by atoms with E-state index in [1.165, 1.54) is 12.3 Å². The molecule has 0 spiro atoms. The zero-order chi connectivity index (χ0) is 18.3. The molecule has 0 unspecified atom stereocenters. The van der Waals surface area contributed by atoms with E-state index >= 15 is 0 Å². The van der Waals surface area contributed by atoms with Crippen LogP contribution in [0, 0.1) is 0 Å². The number of oxazole rings is 1. The Labute approximate surface area is 150 Å². The first-order valence-corrected chi connectivity index (χ1v) is 8.03. The van der Waals surface area contributed by atoms with Gasteiger partial charge in [0.1, 0.15) is 6.54 Å². The minimum Gasteiger partial charge on any atom is -0.439 e. The van der Waals surface area contributed by atoms with Crippen LogP contribution in [0.5, 0.6) is 0 Å². The average molecular weight is 378 g/mol. The molecular weight excluding hydrogens is 367 g/mol. The molecule has 0 aliphatic rings. The van der Waals surface area contributed by atoms with E-state index < -0.39 is 12.0 Å². The SMILES string of the molecule is FC(F)(F)c1nc2ccccc2n1Cc1ncc(-c2cccc(Cl)c2)o1. The van der Waals surface area contributed by atoms with Crippen molar-refractivity contribution in [3.63, 3.8) is 0 Å². The molecule has 0 saturated carbocycles. The molecule has 0 fully saturated rings. The fourth-order valence-corrected chi connectivity index (χ4v) is 2.94. The molecule has 0 bridgehead atoms. The van der Waals surface area contributed by atoms with Crippen molar-refractivity contribution in [3.8, 4) is 11.3 Å². The van der Waals surface area contributed by atoms with Gasteiger partial charge in [0.15, 0.2) is 5.76 Å². The largest absolute Gasteiger partial charge is 0.449 e. The van der Waals surface area contributed by atoms with Gasteiger partial charge < -0.3 is 8.98 Å². The molecule has 26 heavy (non-hydrogen) atoms. The summed E-state index contributed by atoms with van der Waals surface area (Å²) in [7, 11) is 0. The molecule has 2 heterocycles. The predicted octanol–water partition coefficient (Wildman–Crippen LogP) is 5.41. The van der Waals surface area contributed by atoms with Gasteiger partial charge in [-0.2, -0.15) is 13.2 Å². The summed E-state index contributed by atoms with van der Waals surface area (Å²) in [4.78, 5) is 7.81. The van der Waals surface area contributed by atoms with E-state index in [-0.39, 0.29) is 18.0 Å². The summed E-state index contributed by atoms with van der Waals surface area (Å²) >= 11 is 5.95. The maximum Gasteiger partial charge on any atom is 0.449 e. The van der Waals surface area contributed by atoms with E-state index in [9.17, 15) is 13.2 Å². The molecule has 0 aliphatic carbocycles. The molecule has 8 heteroatoms. The number of fused-ring (bicyclic) bond motifs is 1. The van der Waals surface area contributed by atoms with Crippen molar-refractivity contribution in [2.45, 2.75) is 12.7 Å². The quantitative estimate of drug-likeness (QED) is 0.479. The lowest BCUT2D eigenvalue weighted by atomic mass is 10.2. The number of para-hydroxylation sites is 2. The third kappa shape index (κ3) is 3.06. The van der Waals surface area contributed by atoms with Gasteiger partial charge in [-0.3, -0.25) is 0 Å². The Bertz CT molecular complexity index is 1080. The fraction of sp³-hybridized carbons (Fsp3) is 0.111. The van der Waals surface area contributed by atoms with Crippen molar-refractivity contribution in [1.29, 1.82) is 0 Å². The van der Waals surface area contributed by atoms with Crippen LogP contribution in [0.25, 0.3) is 22.4 Å². The number of hydrogen-bond acceptors (Lipinski definition) is 3. The summed E-state index contributed by atoms with van der Waals surface area (Å²) in [6.07, 6.45) is -3.12. The van der Waals surface area contributed by atoms with Gasteiger partial charge in [0.25, 0.3) is 0 Å². The Morgan fingerprint density at radius 3 is 2.65 bits per heavy atom. The molecule has 0 saturated heterocycles. The second-order valence-electron chi connectivity index (χ2n) is 5.64. The number of imidazole rings is 1. The molecule has 0 radical (unpaired) electrons. The van der Waals surface area contributed by atoms with Gasteiger partial charge >= 0.3 is 6.18 Å².